The van der Waals surface area contributed by atoms with Gasteiger partial charge in [0, 0.05) is 0 Å². The number of aliphatic hydroxyl groups is 1. The molecule has 0 aromatic heterocycles. The van der Waals surface area contributed by atoms with Crippen molar-refractivity contribution in [2.75, 3.05) is 6.61 Å². The normalized spacial score (nSPS) is 25.5. The molecule has 0 unspecified atom stereocenters. The van der Waals surface area contributed by atoms with Crippen LogP contribution in [0.3, 0.4) is 0 Å². The third-order valence-electron chi connectivity index (χ3n) is 3.04. The summed E-state index contributed by atoms with van der Waals surface area (Å²) in [5.74, 6) is 0.510. The van der Waals surface area contributed by atoms with Crippen molar-refractivity contribution >= 4 is 0 Å². The first-order valence-corrected chi connectivity index (χ1v) is 6.36. The van der Waals surface area contributed by atoms with E-state index in [4.69, 9.17) is 9.84 Å². The molecule has 1 aliphatic heterocycles. The summed E-state index contributed by atoms with van der Waals surface area (Å²) in [6.07, 6.45) is 10.5. The van der Waals surface area contributed by atoms with E-state index in [1.165, 1.54) is 0 Å². The first-order valence-electron chi connectivity index (χ1n) is 6.36. The highest BCUT2D eigenvalue weighted by atomic mass is 16.5. The second-order valence-electron chi connectivity index (χ2n) is 4.94. The molecule has 0 fully saturated rings. The van der Waals surface area contributed by atoms with Crippen LogP contribution in [0.15, 0.2) is 37.0 Å². The highest BCUT2D eigenvalue weighted by Gasteiger charge is 2.19. The Morgan fingerprint density at radius 3 is 3.06 bits per heavy atom. The molecule has 0 saturated carbocycles. The summed E-state index contributed by atoms with van der Waals surface area (Å²) in [7, 11) is 0. The lowest BCUT2D eigenvalue weighted by atomic mass is 9.94. The standard InChI is InChI=1S/C15H24O2/c1-4-6-14-7-5-8-15(17-14)10-12(2)9-13(3)11-16/h4-5,7,12,14-16H,1,3,6,8-11H2,2H3/t12-,14+,15-/m0/s1. The van der Waals surface area contributed by atoms with Gasteiger partial charge in [0.25, 0.3) is 0 Å². The van der Waals surface area contributed by atoms with Crippen LogP contribution in [0.25, 0.3) is 0 Å². The van der Waals surface area contributed by atoms with Crippen molar-refractivity contribution in [1.29, 1.82) is 0 Å². The summed E-state index contributed by atoms with van der Waals surface area (Å²) < 4.78 is 5.96. The number of hydrogen-bond donors (Lipinski definition) is 1. The van der Waals surface area contributed by atoms with E-state index in [9.17, 15) is 0 Å². The Labute approximate surface area is 105 Å². The summed E-state index contributed by atoms with van der Waals surface area (Å²) in [5, 5.41) is 8.95. The number of ether oxygens (including phenoxy) is 1. The maximum Gasteiger partial charge on any atom is 0.0794 e. The van der Waals surface area contributed by atoms with Gasteiger partial charge >= 0.3 is 0 Å². The molecule has 1 aliphatic rings. The van der Waals surface area contributed by atoms with Gasteiger partial charge in [0.1, 0.15) is 0 Å². The van der Waals surface area contributed by atoms with Gasteiger partial charge in [-0.1, -0.05) is 37.3 Å². The van der Waals surface area contributed by atoms with E-state index < -0.39 is 0 Å². The Hall–Kier alpha value is -0.860. The van der Waals surface area contributed by atoms with Crippen molar-refractivity contribution in [3.8, 4) is 0 Å². The fraction of sp³-hybridized carbons (Fsp3) is 0.600. The van der Waals surface area contributed by atoms with Crippen LogP contribution in [0.4, 0.5) is 0 Å². The predicted molar refractivity (Wildman–Crippen MR) is 71.9 cm³/mol. The van der Waals surface area contributed by atoms with Crippen molar-refractivity contribution in [1.82, 2.24) is 0 Å². The molecule has 0 aromatic rings. The first-order chi connectivity index (χ1) is 8.15. The van der Waals surface area contributed by atoms with Crippen molar-refractivity contribution in [3.05, 3.63) is 37.0 Å². The minimum absolute atomic E-state index is 0.0921. The molecular weight excluding hydrogens is 212 g/mol. The second-order valence-corrected chi connectivity index (χ2v) is 4.94. The summed E-state index contributed by atoms with van der Waals surface area (Å²) >= 11 is 0. The van der Waals surface area contributed by atoms with E-state index >= 15 is 0 Å². The fourth-order valence-corrected chi connectivity index (χ4v) is 2.27. The highest BCUT2D eigenvalue weighted by molar-refractivity contribution is 5.00. The quantitative estimate of drug-likeness (QED) is 0.688. The summed E-state index contributed by atoms with van der Waals surface area (Å²) in [6.45, 7) is 9.85. The molecule has 0 spiro atoms. The van der Waals surface area contributed by atoms with Gasteiger partial charge < -0.3 is 9.84 Å². The molecule has 2 heteroatoms. The lowest BCUT2D eigenvalue weighted by Gasteiger charge is -2.27. The van der Waals surface area contributed by atoms with Gasteiger partial charge in [-0.05, 0) is 31.6 Å². The molecule has 0 amide bonds. The molecular formula is C15H24O2. The van der Waals surface area contributed by atoms with E-state index in [0.29, 0.717) is 12.0 Å². The van der Waals surface area contributed by atoms with Gasteiger partial charge in [-0.2, -0.15) is 0 Å². The molecule has 0 saturated heterocycles. The smallest absolute Gasteiger partial charge is 0.0794 e. The van der Waals surface area contributed by atoms with E-state index in [1.807, 2.05) is 6.08 Å². The van der Waals surface area contributed by atoms with Crippen LogP contribution in [0.5, 0.6) is 0 Å². The Morgan fingerprint density at radius 1 is 1.65 bits per heavy atom. The molecule has 96 valence electrons. The van der Waals surface area contributed by atoms with Crippen LogP contribution in [0, 0.1) is 5.92 Å². The minimum atomic E-state index is 0.0921. The molecule has 1 heterocycles. The summed E-state index contributed by atoms with van der Waals surface area (Å²) in [4.78, 5) is 0. The zero-order valence-electron chi connectivity index (χ0n) is 10.8. The Balaban J connectivity index is 2.34. The zero-order chi connectivity index (χ0) is 12.7. The van der Waals surface area contributed by atoms with Gasteiger partial charge in [-0.25, -0.2) is 0 Å². The molecule has 1 N–H and O–H groups in total. The lowest BCUT2D eigenvalue weighted by molar-refractivity contribution is -0.00429. The van der Waals surface area contributed by atoms with E-state index in [1.54, 1.807) is 0 Å². The zero-order valence-corrected chi connectivity index (χ0v) is 10.8. The van der Waals surface area contributed by atoms with Crippen LogP contribution in [0.1, 0.15) is 32.6 Å². The van der Waals surface area contributed by atoms with Gasteiger partial charge in [0.15, 0.2) is 0 Å². The van der Waals surface area contributed by atoms with Gasteiger partial charge in [0.05, 0.1) is 18.8 Å². The van der Waals surface area contributed by atoms with Crippen molar-refractivity contribution in [2.24, 2.45) is 5.92 Å². The largest absolute Gasteiger partial charge is 0.392 e. The topological polar surface area (TPSA) is 29.5 Å². The molecule has 0 aliphatic carbocycles. The van der Waals surface area contributed by atoms with Crippen LogP contribution in [-0.2, 0) is 4.74 Å². The molecule has 0 aromatic carbocycles. The van der Waals surface area contributed by atoms with E-state index in [-0.39, 0.29) is 12.7 Å². The minimum Gasteiger partial charge on any atom is -0.392 e. The molecule has 0 radical (unpaired) electrons. The third-order valence-corrected chi connectivity index (χ3v) is 3.04. The molecule has 3 atom stereocenters. The lowest BCUT2D eigenvalue weighted by Crippen LogP contribution is -2.25. The average molecular weight is 236 g/mol. The molecule has 2 nitrogen and oxygen atoms in total. The van der Waals surface area contributed by atoms with Gasteiger partial charge in [-0.15, -0.1) is 6.58 Å². The summed E-state index contributed by atoms with van der Waals surface area (Å²) in [5.41, 5.74) is 0.909. The SMILES string of the molecule is C=CC[C@@H]1C=CC[C@@H](C[C@@H](C)CC(=C)CO)O1. The van der Waals surface area contributed by atoms with Crippen molar-refractivity contribution in [2.45, 2.75) is 44.8 Å². The number of aliphatic hydroxyl groups excluding tert-OH is 1. The maximum absolute atomic E-state index is 8.95. The molecule has 1 rings (SSSR count). The average Bonchev–Trinajstić information content (AvgIpc) is 2.29. The van der Waals surface area contributed by atoms with Crippen LogP contribution < -0.4 is 0 Å². The van der Waals surface area contributed by atoms with E-state index in [0.717, 1.165) is 31.3 Å². The number of hydrogen-bond acceptors (Lipinski definition) is 2. The van der Waals surface area contributed by atoms with Crippen LogP contribution >= 0.6 is 0 Å². The fourth-order valence-electron chi connectivity index (χ4n) is 2.27. The number of rotatable bonds is 7. The Bertz CT molecular complexity index is 281. The molecule has 17 heavy (non-hydrogen) atoms. The van der Waals surface area contributed by atoms with Crippen molar-refractivity contribution < 1.29 is 9.84 Å². The first kappa shape index (κ1) is 14.2. The third kappa shape index (κ3) is 5.33. The highest BCUT2D eigenvalue weighted by Crippen LogP contribution is 2.23. The maximum atomic E-state index is 8.95. The Morgan fingerprint density at radius 2 is 2.41 bits per heavy atom. The molecule has 0 bridgehead atoms. The van der Waals surface area contributed by atoms with Crippen LogP contribution in [0.2, 0.25) is 0 Å². The monoisotopic (exact) mass is 236 g/mol. The van der Waals surface area contributed by atoms with Gasteiger partial charge in [-0.3, -0.25) is 0 Å². The Kier molecular flexibility index (Phi) is 6.23. The van der Waals surface area contributed by atoms with Crippen LogP contribution in [-0.4, -0.2) is 23.9 Å². The van der Waals surface area contributed by atoms with E-state index in [2.05, 4.69) is 32.2 Å². The predicted octanol–water partition coefficient (Wildman–Crippen LogP) is 3.24. The van der Waals surface area contributed by atoms with Crippen molar-refractivity contribution in [3.63, 3.8) is 0 Å². The summed E-state index contributed by atoms with van der Waals surface area (Å²) in [6, 6.07) is 0. The second kappa shape index (κ2) is 7.46. The van der Waals surface area contributed by atoms with Gasteiger partial charge in [0.2, 0.25) is 0 Å².